The van der Waals surface area contributed by atoms with Crippen molar-refractivity contribution in [2.24, 2.45) is 0 Å². The number of nitrogens with zero attached hydrogens (tertiary/aromatic N) is 2. The van der Waals surface area contributed by atoms with Crippen molar-refractivity contribution in [3.8, 4) is 23.3 Å². The molecule has 0 spiro atoms. The minimum absolute atomic E-state index is 0.542. The van der Waals surface area contributed by atoms with Crippen molar-refractivity contribution in [1.82, 2.24) is 4.57 Å². The Kier molecular flexibility index (Phi) is 5.40. The maximum absolute atomic E-state index is 9.30. The molecule has 0 aliphatic heterocycles. The highest BCUT2D eigenvalue weighted by Crippen LogP contribution is 2.33. The Balaban J connectivity index is 2.06. The molecule has 26 heavy (non-hydrogen) atoms. The van der Waals surface area contributed by atoms with Gasteiger partial charge in [0.1, 0.15) is 0 Å². The van der Waals surface area contributed by atoms with Crippen LogP contribution in [0.15, 0.2) is 73.1 Å². The van der Waals surface area contributed by atoms with Crippen molar-refractivity contribution in [2.75, 3.05) is 13.7 Å². The highest BCUT2D eigenvalue weighted by atomic mass is 16.5. The SMILES string of the molecule is CCOc1cc(C(=CC#N)c2cccc(-n3cccc3)c2)ccc1OC. The summed E-state index contributed by atoms with van der Waals surface area (Å²) in [7, 11) is 1.62. The molecule has 0 saturated heterocycles. The van der Waals surface area contributed by atoms with Crippen LogP contribution in [-0.4, -0.2) is 18.3 Å². The predicted molar refractivity (Wildman–Crippen MR) is 103 cm³/mol. The third kappa shape index (κ3) is 3.62. The van der Waals surface area contributed by atoms with E-state index in [2.05, 4.69) is 12.1 Å². The molecule has 0 aliphatic carbocycles. The maximum Gasteiger partial charge on any atom is 0.161 e. The molecule has 0 bridgehead atoms. The lowest BCUT2D eigenvalue weighted by Gasteiger charge is -2.14. The summed E-state index contributed by atoms with van der Waals surface area (Å²) in [6.45, 7) is 2.47. The average molecular weight is 344 g/mol. The van der Waals surface area contributed by atoms with E-state index in [4.69, 9.17) is 9.47 Å². The summed E-state index contributed by atoms with van der Waals surface area (Å²) in [5.41, 5.74) is 3.74. The minimum Gasteiger partial charge on any atom is -0.493 e. The zero-order valence-electron chi connectivity index (χ0n) is 14.8. The van der Waals surface area contributed by atoms with Gasteiger partial charge < -0.3 is 14.0 Å². The lowest BCUT2D eigenvalue weighted by atomic mass is 9.97. The molecule has 2 aromatic carbocycles. The van der Waals surface area contributed by atoms with Crippen LogP contribution < -0.4 is 9.47 Å². The van der Waals surface area contributed by atoms with Gasteiger partial charge in [-0.15, -0.1) is 0 Å². The summed E-state index contributed by atoms with van der Waals surface area (Å²) in [6.07, 6.45) is 5.55. The van der Waals surface area contributed by atoms with E-state index >= 15 is 0 Å². The Labute approximate surface area is 153 Å². The molecule has 0 N–H and O–H groups in total. The van der Waals surface area contributed by atoms with Crippen LogP contribution in [0.3, 0.4) is 0 Å². The Bertz CT molecular complexity index is 951. The third-order valence-electron chi connectivity index (χ3n) is 4.04. The molecule has 0 unspecified atom stereocenters. The Morgan fingerprint density at radius 1 is 1.04 bits per heavy atom. The van der Waals surface area contributed by atoms with Gasteiger partial charge in [0.25, 0.3) is 0 Å². The molecule has 0 aliphatic rings. The molecule has 3 aromatic rings. The second-order valence-electron chi connectivity index (χ2n) is 5.63. The molecule has 0 atom stereocenters. The second-order valence-corrected chi connectivity index (χ2v) is 5.63. The molecule has 0 amide bonds. The van der Waals surface area contributed by atoms with Crippen LogP contribution in [0.25, 0.3) is 11.3 Å². The quantitative estimate of drug-likeness (QED) is 0.601. The standard InChI is InChI=1S/C22H20N2O2/c1-3-26-22-16-18(9-10-21(22)25-2)20(11-12-23)17-7-6-8-19(15-17)24-13-4-5-14-24/h4-11,13-16H,3H2,1-2H3. The van der Waals surface area contributed by atoms with Gasteiger partial charge in [0.15, 0.2) is 11.5 Å². The number of hydrogen-bond acceptors (Lipinski definition) is 3. The van der Waals surface area contributed by atoms with E-state index in [9.17, 15) is 5.26 Å². The van der Waals surface area contributed by atoms with Crippen LogP contribution in [0.4, 0.5) is 0 Å². The van der Waals surface area contributed by atoms with Crippen molar-refractivity contribution >= 4 is 5.57 Å². The zero-order valence-corrected chi connectivity index (χ0v) is 14.8. The fraction of sp³-hybridized carbons (Fsp3) is 0.136. The van der Waals surface area contributed by atoms with Crippen LogP contribution in [0, 0.1) is 11.3 Å². The first kappa shape index (κ1) is 17.4. The molecule has 1 heterocycles. The Hall–Kier alpha value is -3.45. The van der Waals surface area contributed by atoms with Gasteiger partial charge in [0.05, 0.1) is 19.8 Å². The first-order valence-electron chi connectivity index (χ1n) is 8.41. The zero-order chi connectivity index (χ0) is 18.4. The molecule has 1 aromatic heterocycles. The fourth-order valence-electron chi connectivity index (χ4n) is 2.85. The molecule has 3 rings (SSSR count). The van der Waals surface area contributed by atoms with Crippen LogP contribution in [0.2, 0.25) is 0 Å². The summed E-state index contributed by atoms with van der Waals surface area (Å²) < 4.78 is 13.1. The van der Waals surface area contributed by atoms with Gasteiger partial charge in [-0.1, -0.05) is 18.2 Å². The number of allylic oxidation sites excluding steroid dienone is 1. The number of hydrogen-bond donors (Lipinski definition) is 0. The molecule has 4 nitrogen and oxygen atoms in total. The van der Waals surface area contributed by atoms with Crippen molar-refractivity contribution in [2.45, 2.75) is 6.92 Å². The summed E-state index contributed by atoms with van der Waals surface area (Å²) >= 11 is 0. The van der Waals surface area contributed by atoms with E-state index in [1.54, 1.807) is 13.2 Å². The normalized spacial score (nSPS) is 11.0. The van der Waals surface area contributed by atoms with Gasteiger partial charge in [-0.25, -0.2) is 0 Å². The number of ether oxygens (including phenoxy) is 2. The summed E-state index contributed by atoms with van der Waals surface area (Å²) in [5, 5.41) is 9.30. The minimum atomic E-state index is 0.542. The maximum atomic E-state index is 9.30. The molecular formula is C22H20N2O2. The molecule has 4 heteroatoms. The predicted octanol–water partition coefficient (Wildman–Crippen LogP) is 4.84. The lowest BCUT2D eigenvalue weighted by Crippen LogP contribution is -1.98. The van der Waals surface area contributed by atoms with Crippen LogP contribution in [0.5, 0.6) is 11.5 Å². The molecular weight excluding hydrogens is 324 g/mol. The lowest BCUT2D eigenvalue weighted by molar-refractivity contribution is 0.311. The summed E-state index contributed by atoms with van der Waals surface area (Å²) in [6, 6.07) is 19.9. The van der Waals surface area contributed by atoms with E-state index in [1.165, 1.54) is 0 Å². The van der Waals surface area contributed by atoms with Crippen molar-refractivity contribution in [3.63, 3.8) is 0 Å². The fourth-order valence-corrected chi connectivity index (χ4v) is 2.85. The summed E-state index contributed by atoms with van der Waals surface area (Å²) in [4.78, 5) is 0. The smallest absolute Gasteiger partial charge is 0.161 e. The summed E-state index contributed by atoms with van der Waals surface area (Å²) in [5.74, 6) is 1.34. The molecule has 130 valence electrons. The van der Waals surface area contributed by atoms with Gasteiger partial charge in [0.2, 0.25) is 0 Å². The first-order valence-corrected chi connectivity index (χ1v) is 8.41. The Morgan fingerprint density at radius 3 is 2.50 bits per heavy atom. The van der Waals surface area contributed by atoms with E-state index < -0.39 is 0 Å². The van der Waals surface area contributed by atoms with E-state index in [-0.39, 0.29) is 0 Å². The molecule has 0 radical (unpaired) electrons. The molecule has 0 saturated carbocycles. The first-order chi connectivity index (χ1) is 12.8. The Morgan fingerprint density at radius 2 is 1.81 bits per heavy atom. The third-order valence-corrected chi connectivity index (χ3v) is 4.04. The van der Waals surface area contributed by atoms with Crippen LogP contribution >= 0.6 is 0 Å². The number of aromatic nitrogens is 1. The number of nitriles is 1. The van der Waals surface area contributed by atoms with E-state index in [0.717, 1.165) is 22.4 Å². The highest BCUT2D eigenvalue weighted by molar-refractivity contribution is 5.83. The number of rotatable bonds is 6. The van der Waals surface area contributed by atoms with E-state index in [0.29, 0.717) is 18.1 Å². The van der Waals surface area contributed by atoms with Crippen LogP contribution in [0.1, 0.15) is 18.1 Å². The average Bonchev–Trinajstić information content (AvgIpc) is 3.21. The van der Waals surface area contributed by atoms with E-state index in [1.807, 2.05) is 72.4 Å². The topological polar surface area (TPSA) is 47.2 Å². The second kappa shape index (κ2) is 8.09. The van der Waals surface area contributed by atoms with Crippen molar-refractivity contribution in [1.29, 1.82) is 5.26 Å². The number of benzene rings is 2. The highest BCUT2D eigenvalue weighted by Gasteiger charge is 2.11. The van der Waals surface area contributed by atoms with Gasteiger partial charge in [-0.05, 0) is 60.0 Å². The number of methoxy groups -OCH3 is 1. The van der Waals surface area contributed by atoms with Gasteiger partial charge >= 0.3 is 0 Å². The van der Waals surface area contributed by atoms with Crippen LogP contribution in [-0.2, 0) is 0 Å². The molecule has 0 fully saturated rings. The van der Waals surface area contributed by atoms with Crippen molar-refractivity contribution in [3.05, 3.63) is 84.2 Å². The van der Waals surface area contributed by atoms with Gasteiger partial charge in [0, 0.05) is 24.2 Å². The largest absolute Gasteiger partial charge is 0.493 e. The van der Waals surface area contributed by atoms with Crippen molar-refractivity contribution < 1.29 is 9.47 Å². The monoisotopic (exact) mass is 344 g/mol. The van der Waals surface area contributed by atoms with Gasteiger partial charge in [-0.3, -0.25) is 0 Å². The van der Waals surface area contributed by atoms with Gasteiger partial charge in [-0.2, -0.15) is 5.26 Å².